The molecule has 0 saturated carbocycles. The molecule has 0 spiro atoms. The number of carbonyl (C=O) groups excluding carboxylic acids is 1. The van der Waals surface area contributed by atoms with Gasteiger partial charge in [-0.2, -0.15) is 0 Å². The second-order valence-corrected chi connectivity index (χ2v) is 4.77. The van der Waals surface area contributed by atoms with Gasteiger partial charge in [-0.3, -0.25) is 4.79 Å². The first-order chi connectivity index (χ1) is 8.61. The predicted octanol–water partition coefficient (Wildman–Crippen LogP) is 3.66. The number of para-hydroxylation sites is 1. The zero-order valence-corrected chi connectivity index (χ0v) is 11.1. The molecule has 0 bridgehead atoms. The Morgan fingerprint density at radius 2 is 2.22 bits per heavy atom. The van der Waals surface area contributed by atoms with E-state index in [1.54, 1.807) is 6.07 Å². The molecule has 0 aliphatic heterocycles. The lowest BCUT2D eigenvalue weighted by Gasteiger charge is -2.10. The monoisotopic (exact) mass is 245 g/mol. The molecule has 0 radical (unpaired) electrons. The summed E-state index contributed by atoms with van der Waals surface area (Å²) in [6, 6.07) is 7.88. The van der Waals surface area contributed by atoms with Gasteiger partial charge >= 0.3 is 0 Å². The van der Waals surface area contributed by atoms with Crippen LogP contribution in [0.25, 0.3) is 11.0 Å². The smallest absolute Gasteiger partial charge is 0.287 e. The van der Waals surface area contributed by atoms with E-state index in [9.17, 15) is 4.79 Å². The first-order valence-corrected chi connectivity index (χ1v) is 6.42. The number of aryl methyl sites for hydroxylation is 1. The van der Waals surface area contributed by atoms with Gasteiger partial charge in [-0.05, 0) is 31.9 Å². The van der Waals surface area contributed by atoms with Crippen molar-refractivity contribution < 1.29 is 9.21 Å². The Hall–Kier alpha value is -1.77. The Labute approximate surface area is 107 Å². The number of fused-ring (bicyclic) bond motifs is 1. The fourth-order valence-electron chi connectivity index (χ4n) is 2.12. The second kappa shape index (κ2) is 5.25. The highest BCUT2D eigenvalue weighted by Gasteiger charge is 2.14. The Morgan fingerprint density at radius 3 is 2.89 bits per heavy atom. The van der Waals surface area contributed by atoms with Crippen LogP contribution in [0.3, 0.4) is 0 Å². The second-order valence-electron chi connectivity index (χ2n) is 4.77. The van der Waals surface area contributed by atoms with Crippen LogP contribution in [0.15, 0.2) is 28.7 Å². The van der Waals surface area contributed by atoms with E-state index in [0.717, 1.165) is 29.4 Å². The third-order valence-electron chi connectivity index (χ3n) is 3.06. The van der Waals surface area contributed by atoms with Gasteiger partial charge in [-0.25, -0.2) is 0 Å². The van der Waals surface area contributed by atoms with Gasteiger partial charge in [0.2, 0.25) is 0 Å². The molecule has 0 aliphatic rings. The molecule has 1 aromatic carbocycles. The highest BCUT2D eigenvalue weighted by atomic mass is 16.3. The van der Waals surface area contributed by atoms with Crippen LogP contribution in [-0.4, -0.2) is 11.9 Å². The number of benzene rings is 1. The van der Waals surface area contributed by atoms with Crippen molar-refractivity contribution in [3.05, 3.63) is 35.6 Å². The molecule has 18 heavy (non-hydrogen) atoms. The summed E-state index contributed by atoms with van der Waals surface area (Å²) >= 11 is 0. The minimum Gasteiger partial charge on any atom is -0.451 e. The largest absolute Gasteiger partial charge is 0.451 e. The standard InChI is InChI=1S/C15H19NO2/c1-4-6-11(3)16-15(17)13-9-12-8-5-7-10(2)14(12)18-13/h5,7-9,11H,4,6H2,1-3H3,(H,16,17)/t11-/m1/s1. The molecule has 0 saturated heterocycles. The van der Waals surface area contributed by atoms with Crippen molar-refractivity contribution in [2.75, 3.05) is 0 Å². The summed E-state index contributed by atoms with van der Waals surface area (Å²) in [5.41, 5.74) is 1.85. The third kappa shape index (κ3) is 2.55. The van der Waals surface area contributed by atoms with E-state index in [1.807, 2.05) is 32.0 Å². The number of nitrogens with one attached hydrogen (secondary N) is 1. The topological polar surface area (TPSA) is 42.2 Å². The van der Waals surface area contributed by atoms with Gasteiger partial charge in [-0.1, -0.05) is 31.5 Å². The van der Waals surface area contributed by atoms with Crippen LogP contribution in [0.4, 0.5) is 0 Å². The molecular weight excluding hydrogens is 226 g/mol. The molecule has 2 aromatic rings. The van der Waals surface area contributed by atoms with Gasteiger partial charge in [0.05, 0.1) is 0 Å². The van der Waals surface area contributed by atoms with Crippen molar-refractivity contribution in [3.63, 3.8) is 0 Å². The number of hydrogen-bond donors (Lipinski definition) is 1. The molecule has 3 nitrogen and oxygen atoms in total. The van der Waals surface area contributed by atoms with E-state index in [4.69, 9.17) is 4.42 Å². The van der Waals surface area contributed by atoms with Gasteiger partial charge in [-0.15, -0.1) is 0 Å². The van der Waals surface area contributed by atoms with Crippen molar-refractivity contribution in [1.82, 2.24) is 5.32 Å². The van der Waals surface area contributed by atoms with E-state index >= 15 is 0 Å². The lowest BCUT2D eigenvalue weighted by atomic mass is 10.2. The Balaban J connectivity index is 2.21. The van der Waals surface area contributed by atoms with E-state index < -0.39 is 0 Å². The molecule has 0 aliphatic carbocycles. The summed E-state index contributed by atoms with van der Waals surface area (Å²) in [6.07, 6.45) is 2.03. The molecule has 1 heterocycles. The predicted molar refractivity (Wildman–Crippen MR) is 72.8 cm³/mol. The summed E-state index contributed by atoms with van der Waals surface area (Å²) in [7, 11) is 0. The average molecular weight is 245 g/mol. The van der Waals surface area contributed by atoms with Crippen molar-refractivity contribution in [3.8, 4) is 0 Å². The van der Waals surface area contributed by atoms with Crippen LogP contribution in [0.5, 0.6) is 0 Å². The number of furan rings is 1. The van der Waals surface area contributed by atoms with E-state index in [-0.39, 0.29) is 11.9 Å². The number of amides is 1. The molecule has 3 heteroatoms. The van der Waals surface area contributed by atoms with E-state index in [0.29, 0.717) is 5.76 Å². The van der Waals surface area contributed by atoms with Gasteiger partial charge in [0.25, 0.3) is 5.91 Å². The van der Waals surface area contributed by atoms with Gasteiger partial charge < -0.3 is 9.73 Å². The molecule has 2 rings (SSSR count). The van der Waals surface area contributed by atoms with Gasteiger partial charge in [0.15, 0.2) is 5.76 Å². The van der Waals surface area contributed by atoms with Crippen molar-refractivity contribution in [2.45, 2.75) is 39.7 Å². The molecule has 1 aromatic heterocycles. The molecule has 1 N–H and O–H groups in total. The molecular formula is C15H19NO2. The van der Waals surface area contributed by atoms with E-state index in [2.05, 4.69) is 12.2 Å². The van der Waals surface area contributed by atoms with Crippen molar-refractivity contribution in [2.24, 2.45) is 0 Å². The fraction of sp³-hybridized carbons (Fsp3) is 0.400. The first kappa shape index (κ1) is 12.7. The summed E-state index contributed by atoms with van der Waals surface area (Å²) in [4.78, 5) is 12.0. The van der Waals surface area contributed by atoms with Crippen LogP contribution < -0.4 is 5.32 Å². The molecule has 96 valence electrons. The summed E-state index contributed by atoms with van der Waals surface area (Å²) < 4.78 is 5.63. The molecule has 0 fully saturated rings. The average Bonchev–Trinajstić information content (AvgIpc) is 2.74. The van der Waals surface area contributed by atoms with Gasteiger partial charge in [0, 0.05) is 11.4 Å². The molecule has 0 unspecified atom stereocenters. The summed E-state index contributed by atoms with van der Waals surface area (Å²) in [5, 5.41) is 3.92. The number of hydrogen-bond acceptors (Lipinski definition) is 2. The van der Waals surface area contributed by atoms with Crippen LogP contribution in [-0.2, 0) is 0 Å². The number of carbonyl (C=O) groups is 1. The minimum absolute atomic E-state index is 0.133. The normalized spacial score (nSPS) is 12.6. The summed E-state index contributed by atoms with van der Waals surface area (Å²) in [6.45, 7) is 6.09. The molecule has 1 atom stereocenters. The Kier molecular flexibility index (Phi) is 3.70. The quantitative estimate of drug-likeness (QED) is 0.893. The highest BCUT2D eigenvalue weighted by Crippen LogP contribution is 2.22. The van der Waals surface area contributed by atoms with Crippen LogP contribution in [0, 0.1) is 6.92 Å². The lowest BCUT2D eigenvalue weighted by Crippen LogP contribution is -2.32. The lowest BCUT2D eigenvalue weighted by molar-refractivity contribution is 0.0912. The number of rotatable bonds is 4. The van der Waals surface area contributed by atoms with E-state index in [1.165, 1.54) is 0 Å². The minimum atomic E-state index is -0.133. The van der Waals surface area contributed by atoms with Crippen LogP contribution >= 0.6 is 0 Å². The maximum absolute atomic E-state index is 12.0. The Bertz CT molecular complexity index is 557. The maximum atomic E-state index is 12.0. The zero-order chi connectivity index (χ0) is 13.1. The highest BCUT2D eigenvalue weighted by molar-refractivity contribution is 5.96. The first-order valence-electron chi connectivity index (χ1n) is 6.42. The molecule has 1 amide bonds. The maximum Gasteiger partial charge on any atom is 0.287 e. The Morgan fingerprint density at radius 1 is 1.44 bits per heavy atom. The van der Waals surface area contributed by atoms with Crippen LogP contribution in [0.2, 0.25) is 0 Å². The van der Waals surface area contributed by atoms with Crippen molar-refractivity contribution in [1.29, 1.82) is 0 Å². The fourth-order valence-corrected chi connectivity index (χ4v) is 2.12. The SMILES string of the molecule is CCC[C@@H](C)NC(=O)c1cc2cccc(C)c2o1. The zero-order valence-electron chi connectivity index (χ0n) is 11.1. The third-order valence-corrected chi connectivity index (χ3v) is 3.06. The summed E-state index contributed by atoms with van der Waals surface area (Å²) in [5.74, 6) is 0.258. The van der Waals surface area contributed by atoms with Gasteiger partial charge in [0.1, 0.15) is 5.58 Å². The van der Waals surface area contributed by atoms with Crippen LogP contribution in [0.1, 0.15) is 42.8 Å². The van der Waals surface area contributed by atoms with Crippen molar-refractivity contribution >= 4 is 16.9 Å².